The summed E-state index contributed by atoms with van der Waals surface area (Å²) in [4.78, 5) is 14.4. The predicted octanol–water partition coefficient (Wildman–Crippen LogP) is 2.94. The number of nitrogens with zero attached hydrogens (tertiary/aromatic N) is 1. The Morgan fingerprint density at radius 1 is 1.42 bits per heavy atom. The number of amides is 1. The summed E-state index contributed by atoms with van der Waals surface area (Å²) in [6.45, 7) is 5.72. The standard InChI is InChI=1S/C15H21BrN2O/c1-11(2)17-14-8-5-9-18(15(14)19)10-12-6-3-4-7-13(12)16/h3-4,6-7,11,14,17H,5,8-10H2,1-2H3. The lowest BCUT2D eigenvalue weighted by Gasteiger charge is -2.34. The lowest BCUT2D eigenvalue weighted by atomic mass is 10.0. The molecule has 1 unspecified atom stereocenters. The first-order valence-electron chi connectivity index (χ1n) is 6.86. The summed E-state index contributed by atoms with van der Waals surface area (Å²) in [5, 5.41) is 3.36. The number of piperidine rings is 1. The molecule has 0 saturated carbocycles. The number of nitrogens with one attached hydrogen (secondary N) is 1. The highest BCUT2D eigenvalue weighted by Gasteiger charge is 2.28. The van der Waals surface area contributed by atoms with Gasteiger partial charge in [0.1, 0.15) is 0 Å². The van der Waals surface area contributed by atoms with Crippen LogP contribution in [0, 0.1) is 0 Å². The number of halogens is 1. The molecule has 1 aromatic rings. The van der Waals surface area contributed by atoms with Crippen molar-refractivity contribution in [2.45, 2.75) is 45.3 Å². The average Bonchev–Trinajstić information content (AvgIpc) is 2.36. The van der Waals surface area contributed by atoms with Gasteiger partial charge in [0.25, 0.3) is 0 Å². The van der Waals surface area contributed by atoms with Gasteiger partial charge in [0.15, 0.2) is 0 Å². The average molecular weight is 325 g/mol. The number of carbonyl (C=O) groups excluding carboxylic acids is 1. The highest BCUT2D eigenvalue weighted by atomic mass is 79.9. The maximum atomic E-state index is 12.4. The zero-order valence-electron chi connectivity index (χ0n) is 11.5. The molecule has 4 heteroatoms. The molecular weight excluding hydrogens is 304 g/mol. The lowest BCUT2D eigenvalue weighted by molar-refractivity contribution is -0.136. The Morgan fingerprint density at radius 3 is 2.84 bits per heavy atom. The van der Waals surface area contributed by atoms with E-state index in [0.717, 1.165) is 23.9 Å². The summed E-state index contributed by atoms with van der Waals surface area (Å²) < 4.78 is 1.07. The topological polar surface area (TPSA) is 32.3 Å². The zero-order valence-corrected chi connectivity index (χ0v) is 13.1. The molecule has 104 valence electrons. The van der Waals surface area contributed by atoms with Crippen LogP contribution in [0.15, 0.2) is 28.7 Å². The molecule has 1 heterocycles. The van der Waals surface area contributed by atoms with Crippen molar-refractivity contribution in [3.63, 3.8) is 0 Å². The lowest BCUT2D eigenvalue weighted by Crippen LogP contribution is -2.52. The van der Waals surface area contributed by atoms with E-state index in [1.165, 1.54) is 5.56 Å². The minimum absolute atomic E-state index is 0.0174. The van der Waals surface area contributed by atoms with Crippen molar-refractivity contribution in [3.05, 3.63) is 34.3 Å². The maximum Gasteiger partial charge on any atom is 0.240 e. The van der Waals surface area contributed by atoms with Crippen LogP contribution in [0.4, 0.5) is 0 Å². The van der Waals surface area contributed by atoms with Crippen molar-refractivity contribution in [3.8, 4) is 0 Å². The second kappa shape index (κ2) is 6.53. The summed E-state index contributed by atoms with van der Waals surface area (Å²) in [6, 6.07) is 8.42. The summed E-state index contributed by atoms with van der Waals surface area (Å²) in [6.07, 6.45) is 2.02. The Balaban J connectivity index is 2.04. The van der Waals surface area contributed by atoms with Crippen LogP contribution in [0.1, 0.15) is 32.3 Å². The highest BCUT2D eigenvalue weighted by molar-refractivity contribution is 9.10. The molecular formula is C15H21BrN2O. The fourth-order valence-electron chi connectivity index (χ4n) is 2.49. The molecule has 0 spiro atoms. The summed E-state index contributed by atoms with van der Waals surface area (Å²) >= 11 is 3.54. The van der Waals surface area contributed by atoms with Gasteiger partial charge in [-0.15, -0.1) is 0 Å². The molecule has 0 bridgehead atoms. The second-order valence-electron chi connectivity index (χ2n) is 5.37. The number of carbonyl (C=O) groups is 1. The molecule has 1 atom stereocenters. The summed E-state index contributed by atoms with van der Waals surface area (Å²) in [5.74, 6) is 0.232. The van der Waals surface area contributed by atoms with E-state index < -0.39 is 0 Å². The Kier molecular flexibility index (Phi) is 4.99. The van der Waals surface area contributed by atoms with Gasteiger partial charge >= 0.3 is 0 Å². The zero-order chi connectivity index (χ0) is 13.8. The van der Waals surface area contributed by atoms with Gasteiger partial charge in [-0.05, 0) is 24.5 Å². The Hall–Kier alpha value is -0.870. The maximum absolute atomic E-state index is 12.4. The van der Waals surface area contributed by atoms with E-state index in [1.807, 2.05) is 23.1 Å². The van der Waals surface area contributed by atoms with Crippen molar-refractivity contribution in [1.82, 2.24) is 10.2 Å². The van der Waals surface area contributed by atoms with E-state index in [9.17, 15) is 4.79 Å². The SMILES string of the molecule is CC(C)NC1CCCN(Cc2ccccc2Br)C1=O. The molecule has 0 aromatic heterocycles. The van der Waals surface area contributed by atoms with Crippen molar-refractivity contribution >= 4 is 21.8 Å². The molecule has 1 fully saturated rings. The van der Waals surface area contributed by atoms with Crippen molar-refractivity contribution in [2.24, 2.45) is 0 Å². The third kappa shape index (κ3) is 3.80. The van der Waals surface area contributed by atoms with Crippen LogP contribution >= 0.6 is 15.9 Å². The molecule has 2 rings (SSSR count). The molecule has 1 amide bonds. The van der Waals surface area contributed by atoms with Crippen LogP contribution in [-0.2, 0) is 11.3 Å². The van der Waals surface area contributed by atoms with Crippen molar-refractivity contribution < 1.29 is 4.79 Å². The minimum Gasteiger partial charge on any atom is -0.337 e. The third-order valence-electron chi connectivity index (χ3n) is 3.38. The molecule has 19 heavy (non-hydrogen) atoms. The number of hydrogen-bond donors (Lipinski definition) is 1. The molecule has 0 radical (unpaired) electrons. The minimum atomic E-state index is -0.0174. The first-order valence-corrected chi connectivity index (χ1v) is 7.65. The molecule has 0 aliphatic carbocycles. The Bertz CT molecular complexity index is 448. The van der Waals surface area contributed by atoms with E-state index in [-0.39, 0.29) is 11.9 Å². The number of hydrogen-bond acceptors (Lipinski definition) is 2. The summed E-state index contributed by atoms with van der Waals surface area (Å²) in [5.41, 5.74) is 1.17. The molecule has 1 saturated heterocycles. The van der Waals surface area contributed by atoms with Crippen LogP contribution in [0.2, 0.25) is 0 Å². The Morgan fingerprint density at radius 2 is 2.16 bits per heavy atom. The van der Waals surface area contributed by atoms with Gasteiger partial charge < -0.3 is 10.2 Å². The number of benzene rings is 1. The van der Waals surface area contributed by atoms with E-state index in [4.69, 9.17) is 0 Å². The van der Waals surface area contributed by atoms with E-state index in [0.29, 0.717) is 12.6 Å². The van der Waals surface area contributed by atoms with Gasteiger partial charge in [0, 0.05) is 23.6 Å². The summed E-state index contributed by atoms with van der Waals surface area (Å²) in [7, 11) is 0. The van der Waals surface area contributed by atoms with Gasteiger partial charge in [-0.3, -0.25) is 4.79 Å². The molecule has 1 aliphatic heterocycles. The largest absolute Gasteiger partial charge is 0.337 e. The van der Waals surface area contributed by atoms with E-state index in [2.05, 4.69) is 41.2 Å². The smallest absolute Gasteiger partial charge is 0.240 e. The van der Waals surface area contributed by atoms with Crippen LogP contribution < -0.4 is 5.32 Å². The van der Waals surface area contributed by atoms with Gasteiger partial charge in [0.2, 0.25) is 5.91 Å². The van der Waals surface area contributed by atoms with Crippen molar-refractivity contribution in [1.29, 1.82) is 0 Å². The van der Waals surface area contributed by atoms with Gasteiger partial charge in [0.05, 0.1) is 6.04 Å². The molecule has 3 nitrogen and oxygen atoms in total. The van der Waals surface area contributed by atoms with Gasteiger partial charge in [-0.2, -0.15) is 0 Å². The monoisotopic (exact) mass is 324 g/mol. The van der Waals surface area contributed by atoms with Gasteiger partial charge in [-0.1, -0.05) is 48.0 Å². The quantitative estimate of drug-likeness (QED) is 0.923. The Labute approximate surface area is 123 Å². The van der Waals surface area contributed by atoms with E-state index >= 15 is 0 Å². The fourth-order valence-corrected chi connectivity index (χ4v) is 2.90. The second-order valence-corrected chi connectivity index (χ2v) is 6.22. The normalized spacial score (nSPS) is 20.1. The van der Waals surface area contributed by atoms with Crippen LogP contribution in [0.25, 0.3) is 0 Å². The van der Waals surface area contributed by atoms with Crippen molar-refractivity contribution in [2.75, 3.05) is 6.54 Å². The first-order chi connectivity index (χ1) is 9.08. The first kappa shape index (κ1) is 14.5. The van der Waals surface area contributed by atoms with Crippen LogP contribution in [0.5, 0.6) is 0 Å². The predicted molar refractivity (Wildman–Crippen MR) is 80.9 cm³/mol. The fraction of sp³-hybridized carbons (Fsp3) is 0.533. The number of likely N-dealkylation sites (tertiary alicyclic amines) is 1. The molecule has 1 aromatic carbocycles. The highest BCUT2D eigenvalue weighted by Crippen LogP contribution is 2.21. The van der Waals surface area contributed by atoms with Gasteiger partial charge in [-0.25, -0.2) is 0 Å². The molecule has 1 aliphatic rings. The number of rotatable bonds is 4. The van der Waals surface area contributed by atoms with Crippen LogP contribution in [-0.4, -0.2) is 29.4 Å². The third-order valence-corrected chi connectivity index (χ3v) is 4.16. The molecule has 1 N–H and O–H groups in total. The van der Waals surface area contributed by atoms with E-state index in [1.54, 1.807) is 0 Å². The van der Waals surface area contributed by atoms with Crippen LogP contribution in [0.3, 0.4) is 0 Å².